The van der Waals surface area contributed by atoms with Crippen molar-refractivity contribution in [3.05, 3.63) is 29.3 Å². The Balaban J connectivity index is 2.28. The van der Waals surface area contributed by atoms with Crippen LogP contribution in [0.2, 0.25) is 0 Å². The summed E-state index contributed by atoms with van der Waals surface area (Å²) >= 11 is 0. The second-order valence-electron chi connectivity index (χ2n) is 4.18. The Hall–Kier alpha value is -1.56. The van der Waals surface area contributed by atoms with Crippen LogP contribution in [0.15, 0.2) is 18.2 Å². The van der Waals surface area contributed by atoms with Crippen molar-refractivity contribution in [1.82, 2.24) is 0 Å². The van der Waals surface area contributed by atoms with E-state index >= 15 is 0 Å². The van der Waals surface area contributed by atoms with Gasteiger partial charge in [-0.25, -0.2) is 13.2 Å². The van der Waals surface area contributed by atoms with E-state index in [1.807, 2.05) is 0 Å². The summed E-state index contributed by atoms with van der Waals surface area (Å²) < 4.78 is 25.8. The minimum atomic E-state index is -3.34. The molecule has 0 unspecified atom stereocenters. The Morgan fingerprint density at radius 3 is 2.59 bits per heavy atom. The summed E-state index contributed by atoms with van der Waals surface area (Å²) in [5.74, 6) is -1.06. The Morgan fingerprint density at radius 2 is 2.06 bits per heavy atom. The van der Waals surface area contributed by atoms with Crippen molar-refractivity contribution in [1.29, 1.82) is 0 Å². The van der Waals surface area contributed by atoms with Gasteiger partial charge in [-0.15, -0.1) is 0 Å². The molecule has 1 aromatic rings. The maximum Gasteiger partial charge on any atom is 0.336 e. The maximum atomic E-state index is 11.7. The number of anilines is 1. The van der Waals surface area contributed by atoms with E-state index in [9.17, 15) is 13.2 Å². The topological polar surface area (TPSA) is 83.5 Å². The summed E-state index contributed by atoms with van der Waals surface area (Å²) in [6.45, 7) is 1.67. The van der Waals surface area contributed by atoms with E-state index in [0.717, 1.165) is 0 Å². The molecule has 1 fully saturated rings. The summed E-state index contributed by atoms with van der Waals surface area (Å²) in [6.07, 6.45) is 1.35. The molecule has 0 aromatic heterocycles. The highest BCUT2D eigenvalue weighted by atomic mass is 32.2. The first-order chi connectivity index (χ1) is 7.90. The number of sulfonamides is 1. The van der Waals surface area contributed by atoms with Crippen LogP contribution in [0.1, 0.15) is 28.8 Å². The summed E-state index contributed by atoms with van der Waals surface area (Å²) in [4.78, 5) is 10.9. The van der Waals surface area contributed by atoms with E-state index in [0.29, 0.717) is 24.1 Å². The molecule has 0 saturated heterocycles. The Bertz CT molecular complexity index is 561. The van der Waals surface area contributed by atoms with Gasteiger partial charge >= 0.3 is 5.97 Å². The van der Waals surface area contributed by atoms with Gasteiger partial charge in [0.15, 0.2) is 0 Å². The zero-order valence-electron chi connectivity index (χ0n) is 9.30. The molecule has 17 heavy (non-hydrogen) atoms. The Morgan fingerprint density at radius 1 is 1.41 bits per heavy atom. The maximum absolute atomic E-state index is 11.7. The first kappa shape index (κ1) is 11.9. The Kier molecular flexibility index (Phi) is 2.82. The largest absolute Gasteiger partial charge is 0.478 e. The molecule has 0 bridgehead atoms. The van der Waals surface area contributed by atoms with Crippen LogP contribution in [0.4, 0.5) is 5.69 Å². The van der Waals surface area contributed by atoms with Crippen LogP contribution in [0, 0.1) is 6.92 Å². The van der Waals surface area contributed by atoms with E-state index in [1.54, 1.807) is 19.1 Å². The molecule has 2 N–H and O–H groups in total. The lowest BCUT2D eigenvalue weighted by atomic mass is 10.1. The number of carbonyl (C=O) groups is 1. The van der Waals surface area contributed by atoms with Gasteiger partial charge in [0.25, 0.3) is 0 Å². The third kappa shape index (κ3) is 2.58. The van der Waals surface area contributed by atoms with Crippen molar-refractivity contribution in [2.75, 3.05) is 4.72 Å². The molecule has 0 atom stereocenters. The normalized spacial score (nSPS) is 15.6. The average molecular weight is 255 g/mol. The fraction of sp³-hybridized carbons (Fsp3) is 0.364. The molecule has 1 aliphatic rings. The Labute approximate surface area is 99.5 Å². The number of aryl methyl sites for hydroxylation is 1. The monoisotopic (exact) mass is 255 g/mol. The molecule has 92 valence electrons. The molecule has 0 amide bonds. The fourth-order valence-electron chi connectivity index (χ4n) is 1.54. The molecule has 0 radical (unpaired) electrons. The summed E-state index contributed by atoms with van der Waals surface area (Å²) in [5, 5.41) is 8.61. The molecular weight excluding hydrogens is 242 g/mol. The van der Waals surface area contributed by atoms with Crippen molar-refractivity contribution in [2.24, 2.45) is 0 Å². The molecule has 0 heterocycles. The highest BCUT2D eigenvalue weighted by Crippen LogP contribution is 2.30. The summed E-state index contributed by atoms with van der Waals surface area (Å²) in [7, 11) is -3.34. The van der Waals surface area contributed by atoms with Crippen LogP contribution < -0.4 is 4.72 Å². The van der Waals surface area contributed by atoms with Crippen LogP contribution in [0.25, 0.3) is 0 Å². The third-order valence-corrected chi connectivity index (χ3v) is 4.56. The molecule has 6 heteroatoms. The van der Waals surface area contributed by atoms with Crippen molar-refractivity contribution < 1.29 is 18.3 Å². The lowest BCUT2D eigenvalue weighted by Gasteiger charge is -2.08. The van der Waals surface area contributed by atoms with Crippen LogP contribution >= 0.6 is 0 Å². The number of benzene rings is 1. The van der Waals surface area contributed by atoms with Gasteiger partial charge in [-0.05, 0) is 37.5 Å². The number of nitrogens with one attached hydrogen (secondary N) is 1. The van der Waals surface area contributed by atoms with Gasteiger partial charge < -0.3 is 5.11 Å². The molecule has 1 aliphatic carbocycles. The van der Waals surface area contributed by atoms with E-state index < -0.39 is 16.0 Å². The van der Waals surface area contributed by atoms with Gasteiger partial charge in [0.05, 0.1) is 10.8 Å². The van der Waals surface area contributed by atoms with Crippen LogP contribution in [-0.2, 0) is 10.0 Å². The zero-order chi connectivity index (χ0) is 12.6. The van der Waals surface area contributed by atoms with Gasteiger partial charge in [0.1, 0.15) is 0 Å². The number of hydrogen-bond acceptors (Lipinski definition) is 3. The quantitative estimate of drug-likeness (QED) is 0.856. The molecule has 0 spiro atoms. The first-order valence-electron chi connectivity index (χ1n) is 5.26. The molecule has 5 nitrogen and oxygen atoms in total. The number of carboxylic acid groups (broad SMARTS) is 1. The highest BCUT2D eigenvalue weighted by molar-refractivity contribution is 7.93. The van der Waals surface area contributed by atoms with E-state index in [2.05, 4.69) is 4.72 Å². The lowest BCUT2D eigenvalue weighted by Crippen LogP contribution is -2.17. The van der Waals surface area contributed by atoms with Crippen LogP contribution in [-0.4, -0.2) is 24.7 Å². The van der Waals surface area contributed by atoms with Gasteiger partial charge in [-0.1, -0.05) is 6.07 Å². The van der Waals surface area contributed by atoms with Gasteiger partial charge in [-0.2, -0.15) is 0 Å². The highest BCUT2D eigenvalue weighted by Gasteiger charge is 2.35. The van der Waals surface area contributed by atoms with E-state index in [4.69, 9.17) is 5.11 Å². The van der Waals surface area contributed by atoms with Crippen molar-refractivity contribution >= 4 is 21.7 Å². The van der Waals surface area contributed by atoms with Gasteiger partial charge in [0.2, 0.25) is 10.0 Å². The zero-order valence-corrected chi connectivity index (χ0v) is 10.1. The van der Waals surface area contributed by atoms with Crippen LogP contribution in [0.5, 0.6) is 0 Å². The average Bonchev–Trinajstić information content (AvgIpc) is 3.03. The fourth-order valence-corrected chi connectivity index (χ4v) is 2.92. The molecule has 1 saturated carbocycles. The first-order valence-corrected chi connectivity index (χ1v) is 6.80. The SMILES string of the molecule is Cc1ccc(NS(=O)(=O)C2CC2)cc1C(=O)O. The second-order valence-corrected chi connectivity index (χ2v) is 6.14. The molecule has 0 aliphatic heterocycles. The van der Waals surface area contributed by atoms with E-state index in [1.165, 1.54) is 6.07 Å². The van der Waals surface area contributed by atoms with Crippen molar-refractivity contribution in [2.45, 2.75) is 25.0 Å². The smallest absolute Gasteiger partial charge is 0.336 e. The molecule has 1 aromatic carbocycles. The summed E-state index contributed by atoms with van der Waals surface area (Å²) in [5.41, 5.74) is 1.02. The predicted octanol–water partition coefficient (Wildman–Crippen LogP) is 1.60. The predicted molar refractivity (Wildman–Crippen MR) is 63.7 cm³/mol. The lowest BCUT2D eigenvalue weighted by molar-refractivity contribution is 0.0696. The molecule has 2 rings (SSSR count). The van der Waals surface area contributed by atoms with E-state index in [-0.39, 0.29) is 10.8 Å². The number of carboxylic acids is 1. The number of rotatable bonds is 4. The van der Waals surface area contributed by atoms with Crippen molar-refractivity contribution in [3.8, 4) is 0 Å². The molecular formula is C11H13NO4S. The van der Waals surface area contributed by atoms with Crippen molar-refractivity contribution in [3.63, 3.8) is 0 Å². The minimum Gasteiger partial charge on any atom is -0.478 e. The van der Waals surface area contributed by atoms with Gasteiger partial charge in [0, 0.05) is 5.69 Å². The second kappa shape index (κ2) is 4.03. The van der Waals surface area contributed by atoms with Crippen LogP contribution in [0.3, 0.4) is 0 Å². The third-order valence-electron chi connectivity index (χ3n) is 2.69. The summed E-state index contributed by atoms with van der Waals surface area (Å²) in [6, 6.07) is 4.51. The number of aromatic carboxylic acids is 1. The van der Waals surface area contributed by atoms with Gasteiger partial charge in [-0.3, -0.25) is 4.72 Å². The minimum absolute atomic E-state index is 0.112. The standard InChI is InChI=1S/C11H13NO4S/c1-7-2-3-8(6-10(7)11(13)14)12-17(15,16)9-4-5-9/h2-3,6,9,12H,4-5H2,1H3,(H,13,14). The number of hydrogen-bond donors (Lipinski definition) is 2.